The summed E-state index contributed by atoms with van der Waals surface area (Å²) < 4.78 is 5.85. The number of anilines is 1. The topological polar surface area (TPSA) is 55.4 Å². The average Bonchev–Trinajstić information content (AvgIpc) is 3.98. The van der Waals surface area contributed by atoms with E-state index < -0.39 is 0 Å². The van der Waals surface area contributed by atoms with Crippen LogP contribution >= 0.6 is 0 Å². The van der Waals surface area contributed by atoms with Crippen LogP contribution in [-0.4, -0.2) is 11.9 Å². The fourth-order valence-electron chi connectivity index (χ4n) is 6.70. The lowest BCUT2D eigenvalue weighted by Gasteiger charge is -2.19. The zero-order chi connectivity index (χ0) is 28.6. The van der Waals surface area contributed by atoms with Crippen molar-refractivity contribution in [3.05, 3.63) is 168 Å². The van der Waals surface area contributed by atoms with Crippen molar-refractivity contribution in [2.24, 2.45) is 11.8 Å². The molecule has 0 saturated heterocycles. The van der Waals surface area contributed by atoms with Crippen LogP contribution in [0, 0.1) is 11.8 Å². The van der Waals surface area contributed by atoms with E-state index in [1.165, 1.54) is 0 Å². The van der Waals surface area contributed by atoms with Gasteiger partial charge in [0.2, 0.25) is 5.91 Å². The van der Waals surface area contributed by atoms with Crippen LogP contribution in [-0.2, 0) is 20.4 Å². The summed E-state index contributed by atoms with van der Waals surface area (Å²) in [4.78, 5) is 26.8. The molecule has 5 aromatic carbocycles. The van der Waals surface area contributed by atoms with Crippen molar-refractivity contribution in [3.8, 4) is 5.75 Å². The summed E-state index contributed by atoms with van der Waals surface area (Å²) in [5, 5.41) is 3.09. The van der Waals surface area contributed by atoms with Crippen LogP contribution in [0.15, 0.2) is 146 Å². The van der Waals surface area contributed by atoms with Gasteiger partial charge in [0, 0.05) is 16.5 Å². The molecule has 1 amide bonds. The van der Waals surface area contributed by atoms with E-state index in [2.05, 4.69) is 53.8 Å². The van der Waals surface area contributed by atoms with Crippen molar-refractivity contribution in [2.75, 3.05) is 5.32 Å². The molecule has 0 unspecified atom stereocenters. The summed E-state index contributed by atoms with van der Waals surface area (Å²) in [5.74, 6) is -0.220. The molecule has 2 fully saturated rings. The highest BCUT2D eigenvalue weighted by molar-refractivity contribution is 5.97. The second kappa shape index (κ2) is 10.5. The summed E-state index contributed by atoms with van der Waals surface area (Å²) >= 11 is 0. The Hall–Kier alpha value is -4.96. The van der Waals surface area contributed by atoms with Crippen molar-refractivity contribution in [1.29, 1.82) is 0 Å². The van der Waals surface area contributed by atoms with Crippen molar-refractivity contribution in [1.82, 2.24) is 0 Å². The Morgan fingerprint density at radius 1 is 0.524 bits per heavy atom. The molecule has 0 aromatic heterocycles. The predicted molar refractivity (Wildman–Crippen MR) is 164 cm³/mol. The SMILES string of the molecule is O=C(Nc1ccc(OC(=O)[C@H]2CC2(c2ccccc2)c2ccccc2)cc1)[C@H]1CC1(c1ccccc1)c1ccccc1. The summed E-state index contributed by atoms with van der Waals surface area (Å²) in [5.41, 5.74) is 4.53. The number of nitrogens with one attached hydrogen (secondary N) is 1. The van der Waals surface area contributed by atoms with Gasteiger partial charge in [-0.05, 0) is 59.4 Å². The third-order valence-corrected chi connectivity index (χ3v) is 9.02. The van der Waals surface area contributed by atoms with Crippen molar-refractivity contribution in [3.63, 3.8) is 0 Å². The van der Waals surface area contributed by atoms with E-state index in [4.69, 9.17) is 4.74 Å². The number of hydrogen-bond acceptors (Lipinski definition) is 3. The Morgan fingerprint density at radius 3 is 1.33 bits per heavy atom. The molecule has 2 saturated carbocycles. The number of rotatable bonds is 8. The van der Waals surface area contributed by atoms with Crippen molar-refractivity contribution in [2.45, 2.75) is 23.7 Å². The Bertz CT molecular complexity index is 1490. The lowest BCUT2D eigenvalue weighted by molar-refractivity contribution is -0.136. The number of carbonyl (C=O) groups is 2. The molecular weight excluding hydrogens is 518 g/mol. The molecule has 2 aliphatic carbocycles. The maximum absolute atomic E-state index is 13.4. The maximum Gasteiger partial charge on any atom is 0.315 e. The van der Waals surface area contributed by atoms with E-state index >= 15 is 0 Å². The lowest BCUT2D eigenvalue weighted by Crippen LogP contribution is -2.22. The standard InChI is InChI=1S/C38H31NO3/c40-35(33-25-37(33,27-13-5-1-6-14-27)28-15-7-2-8-16-28)39-31-21-23-32(24-22-31)42-36(41)34-26-38(34,29-17-9-3-10-18-29)30-19-11-4-12-20-30/h1-24,33-34H,25-26H2,(H,39,40)/t33-,34-/m1/s1. The lowest BCUT2D eigenvalue weighted by atomic mass is 9.85. The summed E-state index contributed by atoms with van der Waals surface area (Å²) in [6.07, 6.45) is 1.47. The fraction of sp³-hybridized carbons (Fsp3) is 0.158. The molecule has 7 rings (SSSR count). The first kappa shape index (κ1) is 26.0. The Labute approximate surface area is 246 Å². The van der Waals surface area contributed by atoms with Gasteiger partial charge >= 0.3 is 5.97 Å². The maximum atomic E-state index is 13.4. The minimum absolute atomic E-state index is 0.0130. The highest BCUT2D eigenvalue weighted by atomic mass is 16.5. The second-order valence-corrected chi connectivity index (χ2v) is 11.4. The fourth-order valence-corrected chi connectivity index (χ4v) is 6.70. The Kier molecular flexibility index (Phi) is 6.47. The molecule has 0 radical (unpaired) electrons. The number of ether oxygens (including phenoxy) is 1. The Morgan fingerprint density at radius 2 is 0.905 bits per heavy atom. The summed E-state index contributed by atoms with van der Waals surface area (Å²) in [6.45, 7) is 0. The van der Waals surface area contributed by atoms with Crippen LogP contribution in [0.3, 0.4) is 0 Å². The minimum Gasteiger partial charge on any atom is -0.426 e. The van der Waals surface area contributed by atoms with Crippen LogP contribution in [0.1, 0.15) is 35.1 Å². The average molecular weight is 550 g/mol. The van der Waals surface area contributed by atoms with E-state index in [9.17, 15) is 9.59 Å². The first-order valence-electron chi connectivity index (χ1n) is 14.5. The van der Waals surface area contributed by atoms with Gasteiger partial charge in [-0.1, -0.05) is 121 Å². The molecule has 2 aliphatic rings. The van der Waals surface area contributed by atoms with Crippen LogP contribution in [0.2, 0.25) is 0 Å². The number of hydrogen-bond donors (Lipinski definition) is 1. The smallest absolute Gasteiger partial charge is 0.315 e. The van der Waals surface area contributed by atoms with Crippen molar-refractivity contribution < 1.29 is 14.3 Å². The molecule has 2 atom stereocenters. The van der Waals surface area contributed by atoms with Crippen LogP contribution in [0.5, 0.6) is 5.75 Å². The Balaban J connectivity index is 1.04. The molecule has 4 nitrogen and oxygen atoms in total. The van der Waals surface area contributed by atoms with Crippen molar-refractivity contribution >= 4 is 17.6 Å². The van der Waals surface area contributed by atoms with Gasteiger partial charge in [0.1, 0.15) is 5.75 Å². The number of amides is 1. The van der Waals surface area contributed by atoms with Gasteiger partial charge in [-0.15, -0.1) is 0 Å². The van der Waals surface area contributed by atoms with Crippen LogP contribution in [0.4, 0.5) is 5.69 Å². The van der Waals surface area contributed by atoms with Gasteiger partial charge in [0.05, 0.1) is 11.8 Å². The molecule has 1 N–H and O–H groups in total. The molecule has 0 heterocycles. The van der Waals surface area contributed by atoms with Gasteiger partial charge in [-0.2, -0.15) is 0 Å². The number of benzene rings is 5. The van der Waals surface area contributed by atoms with Gasteiger partial charge < -0.3 is 10.1 Å². The molecular formula is C38H31NO3. The molecule has 42 heavy (non-hydrogen) atoms. The molecule has 206 valence electrons. The first-order valence-corrected chi connectivity index (χ1v) is 14.5. The van der Waals surface area contributed by atoms with Gasteiger partial charge in [-0.25, -0.2) is 0 Å². The van der Waals surface area contributed by atoms with Gasteiger partial charge in [0.25, 0.3) is 0 Å². The number of carbonyl (C=O) groups excluding carboxylic acids is 2. The van der Waals surface area contributed by atoms with E-state index in [-0.39, 0.29) is 34.5 Å². The summed E-state index contributed by atoms with van der Waals surface area (Å²) in [7, 11) is 0. The highest BCUT2D eigenvalue weighted by Gasteiger charge is 2.61. The van der Waals surface area contributed by atoms with E-state index in [1.54, 1.807) is 24.3 Å². The number of esters is 1. The van der Waals surface area contributed by atoms with E-state index in [0.717, 1.165) is 28.7 Å². The second-order valence-electron chi connectivity index (χ2n) is 11.4. The molecule has 0 aliphatic heterocycles. The minimum atomic E-state index is -0.373. The predicted octanol–water partition coefficient (Wildman–Crippen LogP) is 7.54. The van der Waals surface area contributed by atoms with Gasteiger partial charge in [-0.3, -0.25) is 9.59 Å². The van der Waals surface area contributed by atoms with Crippen LogP contribution in [0.25, 0.3) is 0 Å². The molecule has 0 bridgehead atoms. The van der Waals surface area contributed by atoms with Crippen LogP contribution < -0.4 is 10.1 Å². The first-order chi connectivity index (χ1) is 20.6. The van der Waals surface area contributed by atoms with Gasteiger partial charge in [0.15, 0.2) is 0 Å². The van der Waals surface area contributed by atoms with E-state index in [1.807, 2.05) is 72.8 Å². The zero-order valence-corrected chi connectivity index (χ0v) is 23.2. The monoisotopic (exact) mass is 549 g/mol. The third-order valence-electron chi connectivity index (χ3n) is 9.02. The molecule has 5 aromatic rings. The quantitative estimate of drug-likeness (QED) is 0.161. The largest absolute Gasteiger partial charge is 0.426 e. The normalized spacial score (nSPS) is 19.3. The summed E-state index contributed by atoms with van der Waals surface area (Å²) in [6, 6.07) is 48.0. The zero-order valence-electron chi connectivity index (χ0n) is 23.2. The van der Waals surface area contributed by atoms with E-state index in [0.29, 0.717) is 17.9 Å². The highest BCUT2D eigenvalue weighted by Crippen LogP contribution is 2.60. The third kappa shape index (κ3) is 4.50. The molecule has 4 heteroatoms. The molecule has 0 spiro atoms.